The summed E-state index contributed by atoms with van der Waals surface area (Å²) in [7, 11) is 0. The Balaban J connectivity index is 2.44. The van der Waals surface area contributed by atoms with E-state index < -0.39 is 6.10 Å². The maximum absolute atomic E-state index is 12.7. The summed E-state index contributed by atoms with van der Waals surface area (Å²) in [5.74, 6) is -0.211. The van der Waals surface area contributed by atoms with Crippen LogP contribution in [0.15, 0.2) is 24.3 Å². The maximum Gasteiger partial charge on any atom is 0.303 e. The predicted octanol–water partition coefficient (Wildman–Crippen LogP) is 1.91. The highest BCUT2D eigenvalue weighted by Gasteiger charge is 2.12. The van der Waals surface area contributed by atoms with E-state index in [4.69, 9.17) is 14.6 Å². The molecule has 1 aromatic rings. The molecular formula is C13H17FO4. The zero-order valence-corrected chi connectivity index (χ0v) is 10.3. The van der Waals surface area contributed by atoms with Crippen molar-refractivity contribution in [1.29, 1.82) is 0 Å². The standard InChI is InChI=1S/C13H17FO4/c1-10(16)18-13(3-2-8-15)9-17-12-6-4-11(14)5-7-12/h4-7,13,15H,2-3,8-9H2,1H3/t13-/m0/s1. The third-order valence-corrected chi connectivity index (χ3v) is 2.27. The normalized spacial score (nSPS) is 11.9. The van der Waals surface area contributed by atoms with E-state index in [2.05, 4.69) is 0 Å². The van der Waals surface area contributed by atoms with Crippen LogP contribution in [0, 0.1) is 5.82 Å². The SMILES string of the molecule is CC(=O)O[C@@H](CCCO)COc1ccc(F)cc1. The van der Waals surface area contributed by atoms with Gasteiger partial charge in [-0.3, -0.25) is 4.79 Å². The second-order valence-corrected chi connectivity index (χ2v) is 3.86. The first-order valence-corrected chi connectivity index (χ1v) is 5.78. The van der Waals surface area contributed by atoms with Crippen molar-refractivity contribution in [2.45, 2.75) is 25.9 Å². The van der Waals surface area contributed by atoms with Crippen molar-refractivity contribution in [2.24, 2.45) is 0 Å². The summed E-state index contributed by atoms with van der Waals surface area (Å²) in [6.07, 6.45) is 0.654. The molecule has 0 bridgehead atoms. The Morgan fingerprint density at radius 1 is 1.39 bits per heavy atom. The minimum atomic E-state index is -0.403. The van der Waals surface area contributed by atoms with Gasteiger partial charge in [0.25, 0.3) is 0 Å². The minimum Gasteiger partial charge on any atom is -0.490 e. The van der Waals surface area contributed by atoms with Crippen molar-refractivity contribution < 1.29 is 23.8 Å². The molecule has 0 spiro atoms. The number of benzene rings is 1. The number of aliphatic hydroxyl groups excluding tert-OH is 1. The summed E-state index contributed by atoms with van der Waals surface area (Å²) >= 11 is 0. The van der Waals surface area contributed by atoms with Gasteiger partial charge in [-0.1, -0.05) is 0 Å². The molecule has 18 heavy (non-hydrogen) atoms. The van der Waals surface area contributed by atoms with Gasteiger partial charge in [-0.25, -0.2) is 4.39 Å². The number of halogens is 1. The second-order valence-electron chi connectivity index (χ2n) is 3.86. The first-order valence-electron chi connectivity index (χ1n) is 5.78. The molecule has 0 radical (unpaired) electrons. The van der Waals surface area contributed by atoms with Gasteiger partial charge >= 0.3 is 5.97 Å². The van der Waals surface area contributed by atoms with Crippen molar-refractivity contribution >= 4 is 5.97 Å². The molecule has 1 N–H and O–H groups in total. The molecule has 0 amide bonds. The highest BCUT2D eigenvalue weighted by Crippen LogP contribution is 2.13. The van der Waals surface area contributed by atoms with Crippen LogP contribution in [0.25, 0.3) is 0 Å². The van der Waals surface area contributed by atoms with Crippen LogP contribution < -0.4 is 4.74 Å². The number of rotatable bonds is 7. The molecule has 4 nitrogen and oxygen atoms in total. The predicted molar refractivity (Wildman–Crippen MR) is 63.8 cm³/mol. The highest BCUT2D eigenvalue weighted by molar-refractivity contribution is 5.66. The van der Waals surface area contributed by atoms with E-state index in [0.717, 1.165) is 0 Å². The minimum absolute atomic E-state index is 0.0360. The lowest BCUT2D eigenvalue weighted by molar-refractivity contribution is -0.148. The molecule has 1 atom stereocenters. The molecule has 0 aromatic heterocycles. The molecule has 1 rings (SSSR count). The first-order chi connectivity index (χ1) is 8.61. The molecule has 0 fully saturated rings. The molecule has 100 valence electrons. The Morgan fingerprint density at radius 3 is 2.61 bits per heavy atom. The first kappa shape index (κ1) is 14.4. The largest absolute Gasteiger partial charge is 0.490 e. The van der Waals surface area contributed by atoms with Crippen molar-refractivity contribution in [2.75, 3.05) is 13.2 Å². The smallest absolute Gasteiger partial charge is 0.303 e. The topological polar surface area (TPSA) is 55.8 Å². The Hall–Kier alpha value is -1.62. The van der Waals surface area contributed by atoms with Crippen molar-refractivity contribution in [3.8, 4) is 5.75 Å². The van der Waals surface area contributed by atoms with Crippen LogP contribution in [0.2, 0.25) is 0 Å². The van der Waals surface area contributed by atoms with Crippen molar-refractivity contribution in [3.63, 3.8) is 0 Å². The van der Waals surface area contributed by atoms with E-state index in [1.165, 1.54) is 31.2 Å². The fraction of sp³-hybridized carbons (Fsp3) is 0.462. The zero-order chi connectivity index (χ0) is 13.4. The summed E-state index contributed by atoms with van der Waals surface area (Å²) in [6.45, 7) is 1.55. The van der Waals surface area contributed by atoms with Gasteiger partial charge in [0.2, 0.25) is 0 Å². The second kappa shape index (κ2) is 7.66. The van der Waals surface area contributed by atoms with E-state index in [0.29, 0.717) is 18.6 Å². The van der Waals surface area contributed by atoms with Gasteiger partial charge in [-0.2, -0.15) is 0 Å². The number of carbonyl (C=O) groups is 1. The number of hydrogen-bond donors (Lipinski definition) is 1. The van der Waals surface area contributed by atoms with Crippen LogP contribution in [0.4, 0.5) is 4.39 Å². The van der Waals surface area contributed by atoms with E-state index in [1.807, 2.05) is 0 Å². The quantitative estimate of drug-likeness (QED) is 0.757. The Kier molecular flexibility index (Phi) is 6.14. The molecule has 0 aliphatic carbocycles. The molecule has 0 unspecified atom stereocenters. The number of ether oxygens (including phenoxy) is 2. The Morgan fingerprint density at radius 2 is 2.06 bits per heavy atom. The van der Waals surface area contributed by atoms with Crippen LogP contribution in [0.3, 0.4) is 0 Å². The van der Waals surface area contributed by atoms with Gasteiger partial charge < -0.3 is 14.6 Å². The lowest BCUT2D eigenvalue weighted by Crippen LogP contribution is -2.24. The maximum atomic E-state index is 12.7. The zero-order valence-electron chi connectivity index (χ0n) is 10.3. The highest BCUT2D eigenvalue weighted by atomic mass is 19.1. The fourth-order valence-electron chi connectivity index (χ4n) is 1.45. The van der Waals surface area contributed by atoms with Crippen LogP contribution in [0.1, 0.15) is 19.8 Å². The average molecular weight is 256 g/mol. The van der Waals surface area contributed by atoms with Gasteiger partial charge in [0, 0.05) is 13.5 Å². The van der Waals surface area contributed by atoms with Crippen LogP contribution in [0.5, 0.6) is 5.75 Å². The molecule has 5 heteroatoms. The summed E-state index contributed by atoms with van der Waals surface area (Å²) in [5.41, 5.74) is 0. The lowest BCUT2D eigenvalue weighted by Gasteiger charge is -2.17. The van der Waals surface area contributed by atoms with E-state index in [1.54, 1.807) is 0 Å². The van der Waals surface area contributed by atoms with Crippen molar-refractivity contribution in [3.05, 3.63) is 30.1 Å². The molecule has 0 heterocycles. The Bertz CT molecular complexity index is 364. The monoisotopic (exact) mass is 256 g/mol. The van der Waals surface area contributed by atoms with Gasteiger partial charge in [-0.05, 0) is 37.1 Å². The molecule has 0 aliphatic heterocycles. The van der Waals surface area contributed by atoms with Gasteiger partial charge in [-0.15, -0.1) is 0 Å². The van der Waals surface area contributed by atoms with Crippen LogP contribution in [-0.2, 0) is 9.53 Å². The van der Waals surface area contributed by atoms with E-state index in [-0.39, 0.29) is 25.0 Å². The van der Waals surface area contributed by atoms with Gasteiger partial charge in [0.05, 0.1) is 0 Å². The Labute approximate surface area is 105 Å². The summed E-state index contributed by atoms with van der Waals surface area (Å²) in [6, 6.07) is 5.60. The molecule has 1 aromatic carbocycles. The van der Waals surface area contributed by atoms with Gasteiger partial charge in [0.1, 0.15) is 24.3 Å². The lowest BCUT2D eigenvalue weighted by atomic mass is 10.2. The number of aliphatic hydroxyl groups is 1. The number of carbonyl (C=O) groups excluding carboxylic acids is 1. The van der Waals surface area contributed by atoms with E-state index in [9.17, 15) is 9.18 Å². The summed E-state index contributed by atoms with van der Waals surface area (Å²) in [4.78, 5) is 10.9. The van der Waals surface area contributed by atoms with Gasteiger partial charge in [0.15, 0.2) is 0 Å². The van der Waals surface area contributed by atoms with Crippen LogP contribution in [-0.4, -0.2) is 30.4 Å². The molecular weight excluding hydrogens is 239 g/mol. The van der Waals surface area contributed by atoms with E-state index >= 15 is 0 Å². The summed E-state index contributed by atoms with van der Waals surface area (Å²) in [5, 5.41) is 8.74. The molecule has 0 aliphatic rings. The molecule has 0 saturated carbocycles. The third-order valence-electron chi connectivity index (χ3n) is 2.27. The third kappa shape index (κ3) is 5.63. The number of hydrogen-bond acceptors (Lipinski definition) is 4. The van der Waals surface area contributed by atoms with Crippen LogP contribution >= 0.6 is 0 Å². The molecule has 0 saturated heterocycles. The van der Waals surface area contributed by atoms with Crippen molar-refractivity contribution in [1.82, 2.24) is 0 Å². The summed E-state index contributed by atoms with van der Waals surface area (Å²) < 4.78 is 23.1. The fourth-order valence-corrected chi connectivity index (χ4v) is 1.45. The average Bonchev–Trinajstić information content (AvgIpc) is 2.34. The number of esters is 1.